The zero-order valence-electron chi connectivity index (χ0n) is 22.0. The molecular weight excluding hydrogens is 527 g/mol. The first-order valence-corrected chi connectivity index (χ1v) is 12.5. The fourth-order valence-electron chi connectivity index (χ4n) is 2.87. The fraction of sp³-hybridized carbons (Fsp3) is 0.652. The molecule has 15 heteroatoms. The Labute approximate surface area is 220 Å². The highest BCUT2D eigenvalue weighted by Gasteiger charge is 2.56. The molecule has 1 aromatic rings. The number of terminal acetylenes is 1. The number of ether oxygens (including phenoxy) is 3. The number of aromatic amines is 1. The number of esters is 2. The number of carbonyl (C=O) groups excluding carboxylic acids is 2. The van der Waals surface area contributed by atoms with Crippen LogP contribution in [-0.2, 0) is 37.4 Å². The largest absolute Gasteiger partial charge is 0.438 e. The van der Waals surface area contributed by atoms with Crippen molar-refractivity contribution in [1.29, 1.82) is 0 Å². The van der Waals surface area contributed by atoms with E-state index in [0.29, 0.717) is 0 Å². The van der Waals surface area contributed by atoms with Crippen LogP contribution in [0.25, 0.3) is 0 Å². The van der Waals surface area contributed by atoms with Crippen LogP contribution in [0.3, 0.4) is 0 Å². The average molecular weight is 560 g/mol. The number of nitrogens with zero attached hydrogens (tertiary/aromatic N) is 1. The predicted octanol–water partition coefficient (Wildman–Crippen LogP) is 0.530. The van der Waals surface area contributed by atoms with Gasteiger partial charge in [0.15, 0.2) is 11.8 Å². The lowest BCUT2D eigenvalue weighted by atomic mass is 9.95. The molecule has 0 bridgehead atoms. The van der Waals surface area contributed by atoms with Crippen LogP contribution in [0.5, 0.6) is 0 Å². The number of aliphatic hydroxyl groups excluding tert-OH is 1. The summed E-state index contributed by atoms with van der Waals surface area (Å²) in [6, 6.07) is 1.01. The van der Waals surface area contributed by atoms with E-state index < -0.39 is 86.8 Å². The van der Waals surface area contributed by atoms with Crippen LogP contribution in [-0.4, -0.2) is 69.7 Å². The standard InChI is InChI=1S/C23H33N2O12P/c1-8-23(31)16(27)14(37-17(23)25-10-9-15(26)24-20(25)30)11-34-38(35-12-32-18(28)21(2,3)4)36-13-33-19(29)22(5,6)7/h1,9-10,14,16-17,27,31H,11-13H2,2-7H3,(H,24,26,30)/t14?,16?,17?,23-/m1/s1. The molecule has 3 N–H and O–H groups in total. The van der Waals surface area contributed by atoms with Crippen LogP contribution in [0.4, 0.5) is 0 Å². The van der Waals surface area contributed by atoms with E-state index in [2.05, 4.69) is 0 Å². The molecule has 0 aliphatic carbocycles. The Morgan fingerprint density at radius 2 is 1.63 bits per heavy atom. The monoisotopic (exact) mass is 560 g/mol. The molecule has 1 aliphatic heterocycles. The summed E-state index contributed by atoms with van der Waals surface area (Å²) >= 11 is 0. The smallest absolute Gasteiger partial charge is 0.338 e. The second-order valence-electron chi connectivity index (χ2n) is 10.3. The average Bonchev–Trinajstić information content (AvgIpc) is 3.06. The number of H-pyrrole nitrogens is 1. The van der Waals surface area contributed by atoms with Crippen LogP contribution < -0.4 is 11.2 Å². The minimum Gasteiger partial charge on any atom is -0.438 e. The third kappa shape index (κ3) is 7.94. The summed E-state index contributed by atoms with van der Waals surface area (Å²) in [4.78, 5) is 49.6. The number of hydrogen-bond donors (Lipinski definition) is 3. The fourth-order valence-corrected chi connectivity index (χ4v) is 3.64. The molecule has 0 radical (unpaired) electrons. The predicted molar refractivity (Wildman–Crippen MR) is 131 cm³/mol. The minimum atomic E-state index is -2.37. The summed E-state index contributed by atoms with van der Waals surface area (Å²) in [5.74, 6) is 0.899. The molecule has 14 nitrogen and oxygen atoms in total. The maximum absolute atomic E-state index is 12.2. The number of rotatable bonds is 10. The van der Waals surface area contributed by atoms with Gasteiger partial charge in [0.1, 0.15) is 12.2 Å². The maximum Gasteiger partial charge on any atom is 0.338 e. The Morgan fingerprint density at radius 1 is 1.11 bits per heavy atom. The van der Waals surface area contributed by atoms with Gasteiger partial charge in [-0.1, -0.05) is 5.92 Å². The number of aromatic nitrogens is 2. The van der Waals surface area contributed by atoms with Gasteiger partial charge in [0, 0.05) is 12.3 Å². The lowest BCUT2D eigenvalue weighted by Gasteiger charge is -2.26. The molecule has 0 spiro atoms. The Balaban J connectivity index is 2.11. The topological polar surface area (TPSA) is 185 Å². The van der Waals surface area contributed by atoms with E-state index in [1.54, 1.807) is 41.5 Å². The second kappa shape index (κ2) is 12.5. The molecule has 0 aromatic carbocycles. The number of nitrogens with one attached hydrogen (secondary N) is 1. The van der Waals surface area contributed by atoms with Crippen LogP contribution in [0.2, 0.25) is 0 Å². The lowest BCUT2D eigenvalue weighted by Crippen LogP contribution is -2.48. The minimum absolute atomic E-state index is 0.480. The van der Waals surface area contributed by atoms with Crippen molar-refractivity contribution in [2.75, 3.05) is 20.2 Å². The van der Waals surface area contributed by atoms with Crippen molar-refractivity contribution in [3.8, 4) is 12.3 Å². The molecule has 0 saturated carbocycles. The molecule has 0 amide bonds. The van der Waals surface area contributed by atoms with Gasteiger partial charge >= 0.3 is 26.2 Å². The highest BCUT2D eigenvalue weighted by Crippen LogP contribution is 2.43. The third-order valence-corrected chi connectivity index (χ3v) is 6.08. The molecule has 212 valence electrons. The van der Waals surface area contributed by atoms with Crippen molar-refractivity contribution in [1.82, 2.24) is 9.55 Å². The summed E-state index contributed by atoms with van der Waals surface area (Å²) in [7, 11) is -2.34. The zero-order valence-corrected chi connectivity index (χ0v) is 22.9. The first-order valence-electron chi connectivity index (χ1n) is 11.4. The van der Waals surface area contributed by atoms with Crippen LogP contribution in [0.15, 0.2) is 21.9 Å². The molecule has 38 heavy (non-hydrogen) atoms. The van der Waals surface area contributed by atoms with Gasteiger partial charge in [0.2, 0.25) is 13.6 Å². The Kier molecular flexibility index (Phi) is 10.4. The van der Waals surface area contributed by atoms with Gasteiger partial charge in [0.05, 0.1) is 17.4 Å². The van der Waals surface area contributed by atoms with Crippen LogP contribution >= 0.6 is 8.60 Å². The summed E-state index contributed by atoms with van der Waals surface area (Å²) in [5.41, 5.74) is -5.59. The van der Waals surface area contributed by atoms with E-state index in [-0.39, 0.29) is 0 Å². The van der Waals surface area contributed by atoms with E-state index in [1.807, 2.05) is 10.9 Å². The molecule has 3 unspecified atom stereocenters. The van der Waals surface area contributed by atoms with Gasteiger partial charge in [-0.15, -0.1) is 6.42 Å². The highest BCUT2D eigenvalue weighted by molar-refractivity contribution is 7.41. The third-order valence-electron chi connectivity index (χ3n) is 5.08. The van der Waals surface area contributed by atoms with Crippen molar-refractivity contribution in [3.05, 3.63) is 33.1 Å². The molecule has 1 saturated heterocycles. The van der Waals surface area contributed by atoms with Gasteiger partial charge in [0.25, 0.3) is 5.56 Å². The van der Waals surface area contributed by atoms with Gasteiger partial charge in [-0.3, -0.25) is 33.0 Å². The van der Waals surface area contributed by atoms with Crippen molar-refractivity contribution in [3.63, 3.8) is 0 Å². The lowest BCUT2D eigenvalue weighted by molar-refractivity contribution is -0.162. The molecule has 1 aliphatic rings. The molecule has 1 fully saturated rings. The molecule has 1 aromatic heterocycles. The van der Waals surface area contributed by atoms with Gasteiger partial charge in [-0.2, -0.15) is 0 Å². The summed E-state index contributed by atoms with van der Waals surface area (Å²) in [6.45, 7) is 8.27. The molecule has 2 rings (SSSR count). The van der Waals surface area contributed by atoms with Gasteiger partial charge < -0.3 is 28.9 Å². The summed E-state index contributed by atoms with van der Waals surface area (Å²) in [5, 5.41) is 21.6. The van der Waals surface area contributed by atoms with Crippen molar-refractivity contribution in [2.24, 2.45) is 10.8 Å². The Bertz CT molecular complexity index is 1110. The van der Waals surface area contributed by atoms with Gasteiger partial charge in [-0.05, 0) is 41.5 Å². The summed E-state index contributed by atoms with van der Waals surface area (Å²) in [6.07, 6.45) is 1.86. The molecular formula is C23H33N2O12P. The Morgan fingerprint density at radius 3 is 2.08 bits per heavy atom. The quantitative estimate of drug-likeness (QED) is 0.156. The highest BCUT2D eigenvalue weighted by atomic mass is 31.2. The number of hydrogen-bond acceptors (Lipinski definition) is 12. The summed E-state index contributed by atoms with van der Waals surface area (Å²) < 4.78 is 32.7. The first-order chi connectivity index (χ1) is 17.5. The van der Waals surface area contributed by atoms with E-state index in [4.69, 9.17) is 34.2 Å². The van der Waals surface area contributed by atoms with E-state index in [1.165, 1.54) is 0 Å². The van der Waals surface area contributed by atoms with Crippen molar-refractivity contribution in [2.45, 2.75) is 65.6 Å². The van der Waals surface area contributed by atoms with E-state index in [9.17, 15) is 29.4 Å². The second-order valence-corrected chi connectivity index (χ2v) is 11.6. The first kappa shape index (κ1) is 31.6. The SMILES string of the molecule is C#C[C@@]1(O)C(O)C(COP(OCOC(=O)C(C)(C)C)OCOC(=O)C(C)(C)C)OC1n1ccc(=O)[nH]c1=O. The van der Waals surface area contributed by atoms with Crippen LogP contribution in [0, 0.1) is 23.2 Å². The van der Waals surface area contributed by atoms with Crippen LogP contribution in [0.1, 0.15) is 47.8 Å². The van der Waals surface area contributed by atoms with E-state index in [0.717, 1.165) is 16.8 Å². The normalized spacial score (nSPS) is 23.7. The van der Waals surface area contributed by atoms with E-state index >= 15 is 0 Å². The van der Waals surface area contributed by atoms with Gasteiger partial charge in [-0.25, -0.2) is 4.79 Å². The molecule has 4 atom stereocenters. The number of carbonyl (C=O) groups is 2. The van der Waals surface area contributed by atoms with Crippen molar-refractivity contribution < 1.29 is 47.6 Å². The van der Waals surface area contributed by atoms with Crippen molar-refractivity contribution >= 4 is 20.5 Å². The molecule has 2 heterocycles. The zero-order chi connectivity index (χ0) is 28.9. The Hall–Kier alpha value is -2.63. The maximum atomic E-state index is 12.2. The number of aliphatic hydroxyl groups is 2.